The molecule has 0 amide bonds. The molecule has 1 aromatic carbocycles. The van der Waals surface area contributed by atoms with Crippen LogP contribution >= 0.6 is 0 Å². The Morgan fingerprint density at radius 1 is 1.00 bits per heavy atom. The van der Waals surface area contributed by atoms with Gasteiger partial charge in [0.25, 0.3) is 0 Å². The van der Waals surface area contributed by atoms with E-state index in [1.807, 2.05) is 6.07 Å². The second-order valence-corrected chi connectivity index (χ2v) is 8.12. The molecule has 0 N–H and O–H groups in total. The molecule has 6 heteroatoms. The molecule has 154 valence electrons. The highest BCUT2D eigenvalue weighted by Gasteiger charge is 2.38. The Morgan fingerprint density at radius 3 is 2.32 bits per heavy atom. The molecule has 2 aliphatic heterocycles. The predicted octanol–water partition coefficient (Wildman–Crippen LogP) is 3.17. The van der Waals surface area contributed by atoms with Crippen molar-refractivity contribution in [1.29, 1.82) is 0 Å². The molecule has 0 spiro atoms. The van der Waals surface area contributed by atoms with E-state index in [9.17, 15) is 9.59 Å². The van der Waals surface area contributed by atoms with Gasteiger partial charge in [0.05, 0.1) is 43.8 Å². The van der Waals surface area contributed by atoms with E-state index in [-0.39, 0.29) is 29.2 Å². The fourth-order valence-electron chi connectivity index (χ4n) is 3.49. The Hall–Kier alpha value is -1.92. The first-order valence-corrected chi connectivity index (χ1v) is 10.1. The Kier molecular flexibility index (Phi) is 6.73. The summed E-state index contributed by atoms with van der Waals surface area (Å²) in [6.07, 6.45) is 2.89. The van der Waals surface area contributed by atoms with Crippen molar-refractivity contribution in [1.82, 2.24) is 0 Å². The molecule has 1 aromatic rings. The maximum Gasteiger partial charge on any atom is 0.338 e. The number of hydrogen-bond acceptors (Lipinski definition) is 6. The molecular weight excluding hydrogens is 360 g/mol. The molecule has 0 saturated carbocycles. The second-order valence-electron chi connectivity index (χ2n) is 8.12. The van der Waals surface area contributed by atoms with Gasteiger partial charge in [0.1, 0.15) is 6.61 Å². The third-order valence-electron chi connectivity index (χ3n) is 6.06. The van der Waals surface area contributed by atoms with Gasteiger partial charge in [-0.3, -0.25) is 4.79 Å². The third-order valence-corrected chi connectivity index (χ3v) is 6.06. The van der Waals surface area contributed by atoms with E-state index in [4.69, 9.17) is 18.9 Å². The van der Waals surface area contributed by atoms with Crippen LogP contribution in [0.1, 0.15) is 49.0 Å². The van der Waals surface area contributed by atoms with Crippen molar-refractivity contribution in [3.8, 4) is 0 Å². The Labute approximate surface area is 166 Å². The highest BCUT2D eigenvalue weighted by atomic mass is 16.5. The van der Waals surface area contributed by atoms with Gasteiger partial charge in [-0.05, 0) is 37.0 Å². The SMILES string of the molecule is CCC1(COC(=O)Cc2cccc(C(=O)OCC3(CC)COC3)c2)CCOC1. The highest BCUT2D eigenvalue weighted by molar-refractivity contribution is 5.90. The highest BCUT2D eigenvalue weighted by Crippen LogP contribution is 2.33. The summed E-state index contributed by atoms with van der Waals surface area (Å²) < 4.78 is 21.7. The van der Waals surface area contributed by atoms with Gasteiger partial charge < -0.3 is 18.9 Å². The van der Waals surface area contributed by atoms with Crippen LogP contribution in [-0.2, 0) is 30.2 Å². The lowest BCUT2D eigenvalue weighted by molar-refractivity contribution is -0.146. The van der Waals surface area contributed by atoms with E-state index in [0.29, 0.717) is 38.6 Å². The molecule has 3 rings (SSSR count). The standard InChI is InChI=1S/C22H30O6/c1-3-21(8-9-25-12-21)15-27-19(23)11-17-6-5-7-18(10-17)20(24)28-16-22(4-2)13-26-14-22/h5-7,10H,3-4,8-9,11-16H2,1-2H3. The van der Waals surface area contributed by atoms with Crippen LogP contribution in [0.2, 0.25) is 0 Å². The summed E-state index contributed by atoms with van der Waals surface area (Å²) in [7, 11) is 0. The molecule has 2 saturated heterocycles. The zero-order valence-electron chi connectivity index (χ0n) is 16.8. The molecule has 2 heterocycles. The Balaban J connectivity index is 1.51. The minimum Gasteiger partial charge on any atom is -0.465 e. The van der Waals surface area contributed by atoms with Gasteiger partial charge in [0, 0.05) is 12.0 Å². The van der Waals surface area contributed by atoms with Crippen molar-refractivity contribution in [2.24, 2.45) is 10.8 Å². The first-order valence-electron chi connectivity index (χ1n) is 10.1. The third kappa shape index (κ3) is 4.92. The molecule has 2 fully saturated rings. The summed E-state index contributed by atoms with van der Waals surface area (Å²) in [6, 6.07) is 6.99. The van der Waals surface area contributed by atoms with Crippen LogP contribution in [0.5, 0.6) is 0 Å². The molecule has 1 atom stereocenters. The number of esters is 2. The zero-order valence-corrected chi connectivity index (χ0v) is 16.8. The van der Waals surface area contributed by atoms with Crippen LogP contribution in [0.3, 0.4) is 0 Å². The van der Waals surface area contributed by atoms with E-state index in [0.717, 1.165) is 31.4 Å². The van der Waals surface area contributed by atoms with Gasteiger partial charge in [-0.1, -0.05) is 26.0 Å². The van der Waals surface area contributed by atoms with Crippen molar-refractivity contribution in [3.63, 3.8) is 0 Å². The first-order chi connectivity index (χ1) is 13.5. The van der Waals surface area contributed by atoms with Crippen molar-refractivity contribution >= 4 is 11.9 Å². The molecule has 0 aliphatic carbocycles. The maximum atomic E-state index is 12.4. The summed E-state index contributed by atoms with van der Waals surface area (Å²) in [4.78, 5) is 24.6. The topological polar surface area (TPSA) is 71.1 Å². The Morgan fingerprint density at radius 2 is 1.71 bits per heavy atom. The second kappa shape index (κ2) is 9.05. The molecule has 2 aliphatic rings. The van der Waals surface area contributed by atoms with Gasteiger partial charge in [-0.25, -0.2) is 4.79 Å². The number of carbonyl (C=O) groups is 2. The fraction of sp³-hybridized carbons (Fsp3) is 0.636. The van der Waals surface area contributed by atoms with Crippen molar-refractivity contribution in [3.05, 3.63) is 35.4 Å². The predicted molar refractivity (Wildman–Crippen MR) is 103 cm³/mol. The fourth-order valence-corrected chi connectivity index (χ4v) is 3.49. The minimum absolute atomic E-state index is 0.0454. The van der Waals surface area contributed by atoms with Crippen LogP contribution in [0, 0.1) is 10.8 Å². The monoisotopic (exact) mass is 390 g/mol. The molecule has 28 heavy (non-hydrogen) atoms. The lowest BCUT2D eigenvalue weighted by atomic mass is 9.84. The summed E-state index contributed by atoms with van der Waals surface area (Å²) in [5, 5.41) is 0. The summed E-state index contributed by atoms with van der Waals surface area (Å²) in [6.45, 7) is 7.53. The van der Waals surface area contributed by atoms with Crippen molar-refractivity contribution in [2.45, 2.75) is 39.5 Å². The van der Waals surface area contributed by atoms with E-state index >= 15 is 0 Å². The summed E-state index contributed by atoms with van der Waals surface area (Å²) in [5.41, 5.74) is 1.09. The maximum absolute atomic E-state index is 12.4. The van der Waals surface area contributed by atoms with Crippen LogP contribution < -0.4 is 0 Å². The van der Waals surface area contributed by atoms with Crippen LogP contribution in [0.4, 0.5) is 0 Å². The molecule has 6 nitrogen and oxygen atoms in total. The quantitative estimate of drug-likeness (QED) is 0.603. The lowest BCUT2D eigenvalue weighted by Gasteiger charge is -2.39. The zero-order chi connectivity index (χ0) is 20.0. The number of ether oxygens (including phenoxy) is 4. The van der Waals surface area contributed by atoms with Gasteiger partial charge >= 0.3 is 11.9 Å². The average molecular weight is 390 g/mol. The van der Waals surface area contributed by atoms with Crippen molar-refractivity contribution in [2.75, 3.05) is 39.6 Å². The van der Waals surface area contributed by atoms with Gasteiger partial charge in [-0.15, -0.1) is 0 Å². The molecule has 0 bridgehead atoms. The largest absolute Gasteiger partial charge is 0.465 e. The average Bonchev–Trinajstić information content (AvgIpc) is 3.15. The number of hydrogen-bond donors (Lipinski definition) is 0. The smallest absolute Gasteiger partial charge is 0.338 e. The Bertz CT molecular complexity index is 683. The van der Waals surface area contributed by atoms with Gasteiger partial charge in [0.2, 0.25) is 0 Å². The summed E-state index contributed by atoms with van der Waals surface area (Å²) in [5.74, 6) is -0.662. The minimum atomic E-state index is -0.372. The van der Waals surface area contributed by atoms with E-state index in [1.54, 1.807) is 18.2 Å². The number of benzene rings is 1. The molecule has 0 aromatic heterocycles. The summed E-state index contributed by atoms with van der Waals surface area (Å²) >= 11 is 0. The van der Waals surface area contributed by atoms with E-state index in [2.05, 4.69) is 13.8 Å². The van der Waals surface area contributed by atoms with Gasteiger partial charge in [-0.2, -0.15) is 0 Å². The molecule has 1 unspecified atom stereocenters. The molecule has 0 radical (unpaired) electrons. The van der Waals surface area contributed by atoms with Crippen LogP contribution in [0.15, 0.2) is 24.3 Å². The normalized spacial score (nSPS) is 23.1. The van der Waals surface area contributed by atoms with E-state index in [1.165, 1.54) is 0 Å². The van der Waals surface area contributed by atoms with Crippen LogP contribution in [-0.4, -0.2) is 51.6 Å². The molecular formula is C22H30O6. The van der Waals surface area contributed by atoms with E-state index < -0.39 is 0 Å². The van der Waals surface area contributed by atoms with Gasteiger partial charge in [0.15, 0.2) is 0 Å². The van der Waals surface area contributed by atoms with Crippen molar-refractivity contribution < 1.29 is 28.5 Å². The first kappa shape index (κ1) is 20.8. The number of carbonyl (C=O) groups excluding carboxylic acids is 2. The number of rotatable bonds is 9. The lowest BCUT2D eigenvalue weighted by Crippen LogP contribution is -2.46. The van der Waals surface area contributed by atoms with Crippen LogP contribution in [0.25, 0.3) is 0 Å².